The first-order chi connectivity index (χ1) is 10.00. The molecule has 1 rings (SSSR count). The number of rotatable bonds is 9. The molecule has 0 saturated heterocycles. The van der Waals surface area contributed by atoms with Gasteiger partial charge in [-0.05, 0) is 44.1 Å². The molecular weight excluding hydrogens is 260 g/mol. The van der Waals surface area contributed by atoms with Gasteiger partial charge in [-0.1, -0.05) is 34.1 Å². The van der Waals surface area contributed by atoms with Crippen molar-refractivity contribution in [3.05, 3.63) is 0 Å². The van der Waals surface area contributed by atoms with Gasteiger partial charge in [0.2, 0.25) is 0 Å². The standard InChI is InChI=1S/C18H38N2O/c1-7-16(8-2)20(12-13-21-6)14-15-10-9-11-18(3,4)17(15)19-5/h15-17,19H,7-14H2,1-6H3. The molecule has 0 radical (unpaired) electrons. The minimum atomic E-state index is 0.415. The van der Waals surface area contributed by atoms with Gasteiger partial charge in [-0.2, -0.15) is 0 Å². The Morgan fingerprint density at radius 3 is 2.48 bits per heavy atom. The molecule has 2 atom stereocenters. The van der Waals surface area contributed by atoms with Gasteiger partial charge in [0.1, 0.15) is 0 Å². The van der Waals surface area contributed by atoms with Crippen LogP contribution in [-0.4, -0.2) is 50.8 Å². The van der Waals surface area contributed by atoms with Crippen LogP contribution in [0.15, 0.2) is 0 Å². The second kappa shape index (κ2) is 9.12. The van der Waals surface area contributed by atoms with Crippen LogP contribution >= 0.6 is 0 Å². The van der Waals surface area contributed by atoms with Crippen molar-refractivity contribution in [3.8, 4) is 0 Å². The summed E-state index contributed by atoms with van der Waals surface area (Å²) in [4.78, 5) is 2.68. The van der Waals surface area contributed by atoms with Gasteiger partial charge < -0.3 is 10.1 Å². The van der Waals surface area contributed by atoms with E-state index in [1.807, 2.05) is 7.11 Å². The third-order valence-electron chi connectivity index (χ3n) is 5.53. The number of nitrogens with one attached hydrogen (secondary N) is 1. The van der Waals surface area contributed by atoms with Crippen LogP contribution in [0.4, 0.5) is 0 Å². The number of methoxy groups -OCH3 is 1. The summed E-state index contributed by atoms with van der Waals surface area (Å²) in [6.45, 7) is 12.6. The van der Waals surface area contributed by atoms with E-state index < -0.39 is 0 Å². The van der Waals surface area contributed by atoms with Crippen molar-refractivity contribution in [3.63, 3.8) is 0 Å². The quantitative estimate of drug-likeness (QED) is 0.704. The fraction of sp³-hybridized carbons (Fsp3) is 1.00. The van der Waals surface area contributed by atoms with E-state index in [-0.39, 0.29) is 0 Å². The molecule has 0 aromatic carbocycles. The first kappa shape index (κ1) is 18.9. The van der Waals surface area contributed by atoms with Crippen LogP contribution in [0.2, 0.25) is 0 Å². The lowest BCUT2D eigenvalue weighted by Gasteiger charge is -2.46. The zero-order valence-electron chi connectivity index (χ0n) is 15.2. The van der Waals surface area contributed by atoms with Gasteiger partial charge in [0, 0.05) is 32.3 Å². The highest BCUT2D eigenvalue weighted by Crippen LogP contribution is 2.39. The van der Waals surface area contributed by atoms with Gasteiger partial charge in [-0.25, -0.2) is 0 Å². The Morgan fingerprint density at radius 2 is 1.95 bits per heavy atom. The van der Waals surface area contributed by atoms with Crippen LogP contribution in [0.1, 0.15) is 59.8 Å². The summed E-state index contributed by atoms with van der Waals surface area (Å²) in [5, 5.41) is 3.62. The summed E-state index contributed by atoms with van der Waals surface area (Å²) >= 11 is 0. The second-order valence-corrected chi connectivity index (χ2v) is 7.37. The second-order valence-electron chi connectivity index (χ2n) is 7.37. The van der Waals surface area contributed by atoms with Gasteiger partial charge in [0.05, 0.1) is 6.61 Å². The number of ether oxygens (including phenoxy) is 1. The van der Waals surface area contributed by atoms with Crippen molar-refractivity contribution >= 4 is 0 Å². The molecule has 0 bridgehead atoms. The summed E-state index contributed by atoms with van der Waals surface area (Å²) in [6.07, 6.45) is 6.55. The number of nitrogens with zero attached hydrogens (tertiary/aromatic N) is 1. The molecule has 1 N–H and O–H groups in total. The lowest BCUT2D eigenvalue weighted by Crippen LogP contribution is -2.53. The lowest BCUT2D eigenvalue weighted by molar-refractivity contribution is 0.0517. The summed E-state index contributed by atoms with van der Waals surface area (Å²) < 4.78 is 5.34. The van der Waals surface area contributed by atoms with Crippen LogP contribution in [-0.2, 0) is 4.74 Å². The Hall–Kier alpha value is -0.120. The maximum absolute atomic E-state index is 5.34. The molecule has 0 spiro atoms. The van der Waals surface area contributed by atoms with E-state index in [0.29, 0.717) is 17.5 Å². The van der Waals surface area contributed by atoms with Crippen LogP contribution in [0.25, 0.3) is 0 Å². The average molecular weight is 299 g/mol. The van der Waals surface area contributed by atoms with E-state index in [0.717, 1.165) is 19.1 Å². The lowest BCUT2D eigenvalue weighted by atomic mass is 9.67. The highest BCUT2D eigenvalue weighted by Gasteiger charge is 2.38. The predicted octanol–water partition coefficient (Wildman–Crippen LogP) is 3.54. The van der Waals surface area contributed by atoms with E-state index in [9.17, 15) is 0 Å². The van der Waals surface area contributed by atoms with Gasteiger partial charge in [0.25, 0.3) is 0 Å². The van der Waals surface area contributed by atoms with Crippen molar-refractivity contribution in [1.82, 2.24) is 10.2 Å². The Balaban J connectivity index is 2.75. The number of hydrogen-bond acceptors (Lipinski definition) is 3. The molecule has 21 heavy (non-hydrogen) atoms. The Labute approximate surface area is 132 Å². The summed E-state index contributed by atoms with van der Waals surface area (Å²) in [5.41, 5.74) is 0.415. The van der Waals surface area contributed by atoms with Crippen LogP contribution in [0.3, 0.4) is 0 Å². The first-order valence-electron chi connectivity index (χ1n) is 8.90. The van der Waals surface area contributed by atoms with E-state index in [1.165, 1.54) is 38.6 Å². The molecule has 3 nitrogen and oxygen atoms in total. The topological polar surface area (TPSA) is 24.5 Å². The maximum atomic E-state index is 5.34. The number of hydrogen-bond donors (Lipinski definition) is 1. The molecule has 126 valence electrons. The zero-order valence-corrected chi connectivity index (χ0v) is 15.2. The molecule has 1 aliphatic rings. The average Bonchev–Trinajstić information content (AvgIpc) is 2.45. The molecule has 1 aliphatic carbocycles. The minimum absolute atomic E-state index is 0.415. The maximum Gasteiger partial charge on any atom is 0.0589 e. The largest absolute Gasteiger partial charge is 0.383 e. The smallest absolute Gasteiger partial charge is 0.0589 e. The summed E-state index contributed by atoms with van der Waals surface area (Å²) in [6, 6.07) is 1.33. The van der Waals surface area contributed by atoms with Crippen LogP contribution in [0, 0.1) is 11.3 Å². The Morgan fingerprint density at radius 1 is 1.29 bits per heavy atom. The summed E-state index contributed by atoms with van der Waals surface area (Å²) in [5.74, 6) is 0.760. The fourth-order valence-electron chi connectivity index (χ4n) is 4.34. The first-order valence-corrected chi connectivity index (χ1v) is 8.90. The third-order valence-corrected chi connectivity index (χ3v) is 5.53. The van der Waals surface area contributed by atoms with E-state index in [2.05, 4.69) is 45.0 Å². The fourth-order valence-corrected chi connectivity index (χ4v) is 4.34. The Kier molecular flexibility index (Phi) is 8.22. The third kappa shape index (κ3) is 5.22. The van der Waals surface area contributed by atoms with E-state index in [4.69, 9.17) is 4.74 Å². The van der Waals surface area contributed by atoms with E-state index in [1.54, 1.807) is 0 Å². The highest BCUT2D eigenvalue weighted by molar-refractivity contribution is 4.94. The van der Waals surface area contributed by atoms with Gasteiger partial charge in [0.15, 0.2) is 0 Å². The monoisotopic (exact) mass is 298 g/mol. The molecule has 0 aromatic rings. The highest BCUT2D eigenvalue weighted by atomic mass is 16.5. The van der Waals surface area contributed by atoms with Gasteiger partial charge >= 0.3 is 0 Å². The SMILES string of the molecule is CCC(CC)N(CCOC)CC1CCCC(C)(C)C1NC. The molecule has 0 aromatic heterocycles. The molecule has 1 fully saturated rings. The molecule has 0 aliphatic heterocycles. The van der Waals surface area contributed by atoms with Crippen molar-refractivity contribution < 1.29 is 4.74 Å². The molecular formula is C18H38N2O. The van der Waals surface area contributed by atoms with E-state index >= 15 is 0 Å². The van der Waals surface area contributed by atoms with Gasteiger partial charge in [-0.15, -0.1) is 0 Å². The van der Waals surface area contributed by atoms with Crippen molar-refractivity contribution in [1.29, 1.82) is 0 Å². The zero-order chi connectivity index (χ0) is 15.9. The van der Waals surface area contributed by atoms with Crippen molar-refractivity contribution in [2.45, 2.75) is 71.9 Å². The minimum Gasteiger partial charge on any atom is -0.383 e. The van der Waals surface area contributed by atoms with Crippen LogP contribution < -0.4 is 5.32 Å². The molecule has 0 heterocycles. The molecule has 0 amide bonds. The van der Waals surface area contributed by atoms with Gasteiger partial charge in [-0.3, -0.25) is 4.90 Å². The molecule has 2 unspecified atom stereocenters. The van der Waals surface area contributed by atoms with Crippen LogP contribution in [0.5, 0.6) is 0 Å². The Bertz CT molecular complexity index is 276. The summed E-state index contributed by atoms with van der Waals surface area (Å²) in [7, 11) is 3.95. The van der Waals surface area contributed by atoms with Crippen molar-refractivity contribution in [2.24, 2.45) is 11.3 Å². The molecule has 1 saturated carbocycles. The normalized spacial score (nSPS) is 25.7. The molecule has 3 heteroatoms. The predicted molar refractivity (Wildman–Crippen MR) is 91.8 cm³/mol. The van der Waals surface area contributed by atoms with Crippen molar-refractivity contribution in [2.75, 3.05) is 33.9 Å².